The van der Waals surface area contributed by atoms with Gasteiger partial charge in [-0.1, -0.05) is 57.5 Å². The van der Waals surface area contributed by atoms with Crippen molar-refractivity contribution < 1.29 is 19.1 Å². The fourth-order valence-electron chi connectivity index (χ4n) is 5.04. The molecule has 1 saturated heterocycles. The lowest BCUT2D eigenvalue weighted by Gasteiger charge is -2.29. The molecule has 3 amide bonds. The minimum absolute atomic E-state index is 0.0883. The highest BCUT2D eigenvalue weighted by Crippen LogP contribution is 2.27. The molecule has 0 radical (unpaired) electrons. The van der Waals surface area contributed by atoms with Gasteiger partial charge in [0, 0.05) is 24.9 Å². The maximum Gasteiger partial charge on any atom is 0.245 e. The molecule has 3 rings (SSSR count). The second-order valence-corrected chi connectivity index (χ2v) is 10.4. The van der Waals surface area contributed by atoms with Crippen molar-refractivity contribution in [2.45, 2.75) is 71.9 Å². The number of carbonyl (C=O) groups excluding carboxylic acids is 3. The number of nitrogens with zero attached hydrogens (tertiary/aromatic N) is 1. The van der Waals surface area contributed by atoms with E-state index in [1.807, 2.05) is 80.3 Å². The number of ether oxygens (including phenoxy) is 1. The summed E-state index contributed by atoms with van der Waals surface area (Å²) in [6.07, 6.45) is 4.17. The second-order valence-electron chi connectivity index (χ2n) is 10.4. The number of hydrogen-bond acceptors (Lipinski definition) is 4. The number of amides is 3. The number of rotatable bonds is 12. The van der Waals surface area contributed by atoms with E-state index in [4.69, 9.17) is 10.5 Å². The van der Waals surface area contributed by atoms with Crippen LogP contribution in [0, 0.1) is 17.8 Å². The average Bonchev–Trinajstić information content (AvgIpc) is 3.03. The summed E-state index contributed by atoms with van der Waals surface area (Å²) >= 11 is 0. The van der Waals surface area contributed by atoms with Crippen molar-refractivity contribution in [2.75, 3.05) is 6.54 Å². The van der Waals surface area contributed by atoms with Gasteiger partial charge in [-0.2, -0.15) is 0 Å². The monoisotopic (exact) mass is 507 g/mol. The SMILES string of the molecule is CCC[C@H](C(N)=O)[C@@H](CC(C)C)C(=O)NC1CCCCN(Cc2cccc(Oc3ccccc3)c2)C1=O. The van der Waals surface area contributed by atoms with Crippen molar-refractivity contribution in [1.29, 1.82) is 0 Å². The highest BCUT2D eigenvalue weighted by Gasteiger charge is 2.35. The van der Waals surface area contributed by atoms with Gasteiger partial charge in [0.05, 0.1) is 0 Å². The van der Waals surface area contributed by atoms with Crippen LogP contribution in [0.2, 0.25) is 0 Å². The van der Waals surface area contributed by atoms with Crippen LogP contribution in [-0.2, 0) is 20.9 Å². The quantitative estimate of drug-likeness (QED) is 0.420. The van der Waals surface area contributed by atoms with Gasteiger partial charge in [-0.15, -0.1) is 0 Å². The van der Waals surface area contributed by atoms with Crippen LogP contribution in [0.5, 0.6) is 11.5 Å². The number of carbonyl (C=O) groups is 3. The Kier molecular flexibility index (Phi) is 10.5. The van der Waals surface area contributed by atoms with Gasteiger partial charge >= 0.3 is 0 Å². The summed E-state index contributed by atoms with van der Waals surface area (Å²) in [5.41, 5.74) is 6.65. The maximum absolute atomic E-state index is 13.5. The van der Waals surface area contributed by atoms with Gasteiger partial charge in [-0.05, 0) is 67.9 Å². The molecule has 2 aromatic carbocycles. The maximum atomic E-state index is 13.5. The summed E-state index contributed by atoms with van der Waals surface area (Å²) in [5.74, 6) is -0.165. The molecule has 1 aliphatic heterocycles. The molecule has 0 saturated carbocycles. The molecule has 37 heavy (non-hydrogen) atoms. The lowest BCUT2D eigenvalue weighted by atomic mass is 9.81. The second kappa shape index (κ2) is 13.8. The smallest absolute Gasteiger partial charge is 0.245 e. The third kappa shape index (κ3) is 8.34. The number of hydrogen-bond donors (Lipinski definition) is 2. The molecule has 0 aromatic heterocycles. The van der Waals surface area contributed by atoms with E-state index in [1.54, 1.807) is 0 Å². The first-order valence-corrected chi connectivity index (χ1v) is 13.5. The van der Waals surface area contributed by atoms with E-state index in [2.05, 4.69) is 5.32 Å². The van der Waals surface area contributed by atoms with Gasteiger partial charge in [-0.25, -0.2) is 0 Å². The van der Waals surface area contributed by atoms with Gasteiger partial charge in [-0.3, -0.25) is 14.4 Å². The van der Waals surface area contributed by atoms with Crippen molar-refractivity contribution in [3.05, 3.63) is 60.2 Å². The minimum Gasteiger partial charge on any atom is -0.457 e. The van der Waals surface area contributed by atoms with E-state index >= 15 is 0 Å². The Labute approximate surface area is 220 Å². The lowest BCUT2D eigenvalue weighted by molar-refractivity contribution is -0.139. The van der Waals surface area contributed by atoms with Gasteiger partial charge < -0.3 is 20.7 Å². The number of nitrogens with one attached hydrogen (secondary N) is 1. The summed E-state index contributed by atoms with van der Waals surface area (Å²) in [4.78, 5) is 40.9. The summed E-state index contributed by atoms with van der Waals surface area (Å²) < 4.78 is 5.95. The molecule has 2 aromatic rings. The standard InChI is InChI=1S/C30H41N3O4/c1-4-11-25(28(31)34)26(18-21(2)3)29(35)32-27-16-8-9-17-33(30(27)36)20-22-12-10-15-24(19-22)37-23-13-6-5-7-14-23/h5-7,10,12-15,19,21,25-27H,4,8-9,11,16-18,20H2,1-3H3,(H2,31,34)(H,32,35)/t25-,26+,27?/m0/s1. The van der Waals surface area contributed by atoms with Crippen LogP contribution in [0.15, 0.2) is 54.6 Å². The summed E-state index contributed by atoms with van der Waals surface area (Å²) in [6, 6.07) is 16.7. The van der Waals surface area contributed by atoms with Crippen LogP contribution in [-0.4, -0.2) is 35.2 Å². The summed E-state index contributed by atoms with van der Waals surface area (Å²) in [5, 5.41) is 3.01. The Balaban J connectivity index is 1.71. The highest BCUT2D eigenvalue weighted by atomic mass is 16.5. The van der Waals surface area contributed by atoms with Crippen LogP contribution < -0.4 is 15.8 Å². The first-order valence-electron chi connectivity index (χ1n) is 13.5. The van der Waals surface area contributed by atoms with Crippen LogP contribution in [0.4, 0.5) is 0 Å². The molecular formula is C30H41N3O4. The number of benzene rings is 2. The van der Waals surface area contributed by atoms with E-state index in [0.717, 1.165) is 30.6 Å². The largest absolute Gasteiger partial charge is 0.457 e. The third-order valence-electron chi connectivity index (χ3n) is 6.86. The predicted octanol–water partition coefficient (Wildman–Crippen LogP) is 5.04. The van der Waals surface area contributed by atoms with Crippen LogP contribution in [0.3, 0.4) is 0 Å². The Morgan fingerprint density at radius 3 is 2.46 bits per heavy atom. The number of likely N-dealkylation sites (tertiary alicyclic amines) is 1. The van der Waals surface area contributed by atoms with E-state index in [0.29, 0.717) is 38.1 Å². The third-order valence-corrected chi connectivity index (χ3v) is 6.86. The molecule has 3 atom stereocenters. The molecule has 1 heterocycles. The molecule has 0 aliphatic carbocycles. The molecule has 1 unspecified atom stereocenters. The zero-order valence-electron chi connectivity index (χ0n) is 22.3. The molecular weight excluding hydrogens is 466 g/mol. The zero-order valence-corrected chi connectivity index (χ0v) is 22.3. The van der Waals surface area contributed by atoms with Gasteiger partial charge in [0.15, 0.2) is 0 Å². The molecule has 1 aliphatic rings. The molecule has 7 nitrogen and oxygen atoms in total. The van der Waals surface area contributed by atoms with E-state index in [-0.39, 0.29) is 17.7 Å². The molecule has 0 bridgehead atoms. The van der Waals surface area contributed by atoms with Crippen molar-refractivity contribution in [3.8, 4) is 11.5 Å². The molecule has 7 heteroatoms. The van der Waals surface area contributed by atoms with E-state index in [1.165, 1.54) is 0 Å². The summed E-state index contributed by atoms with van der Waals surface area (Å²) in [7, 11) is 0. The topological polar surface area (TPSA) is 102 Å². The first-order chi connectivity index (χ1) is 17.8. The predicted molar refractivity (Wildman–Crippen MR) is 145 cm³/mol. The van der Waals surface area contributed by atoms with E-state index < -0.39 is 23.8 Å². The first kappa shape index (κ1) is 28.2. The van der Waals surface area contributed by atoms with Crippen LogP contribution in [0.25, 0.3) is 0 Å². The normalized spacial score (nSPS) is 17.7. The van der Waals surface area contributed by atoms with Crippen molar-refractivity contribution in [1.82, 2.24) is 10.2 Å². The Morgan fingerprint density at radius 1 is 1.05 bits per heavy atom. The van der Waals surface area contributed by atoms with Crippen molar-refractivity contribution >= 4 is 17.7 Å². The Bertz CT molecular complexity index is 1040. The summed E-state index contributed by atoms with van der Waals surface area (Å²) in [6.45, 7) is 7.10. The Morgan fingerprint density at radius 2 is 1.78 bits per heavy atom. The fourth-order valence-corrected chi connectivity index (χ4v) is 5.04. The van der Waals surface area contributed by atoms with Crippen LogP contribution >= 0.6 is 0 Å². The number of para-hydroxylation sites is 1. The molecule has 1 fully saturated rings. The van der Waals surface area contributed by atoms with Gasteiger partial charge in [0.2, 0.25) is 17.7 Å². The highest BCUT2D eigenvalue weighted by molar-refractivity contribution is 5.91. The van der Waals surface area contributed by atoms with Gasteiger partial charge in [0.1, 0.15) is 17.5 Å². The number of nitrogens with two attached hydrogens (primary N) is 1. The van der Waals surface area contributed by atoms with E-state index in [9.17, 15) is 14.4 Å². The molecule has 3 N–H and O–H groups in total. The van der Waals surface area contributed by atoms with Gasteiger partial charge in [0.25, 0.3) is 0 Å². The fraction of sp³-hybridized carbons (Fsp3) is 0.500. The Hall–Kier alpha value is -3.35. The zero-order chi connectivity index (χ0) is 26.8. The average molecular weight is 508 g/mol. The minimum atomic E-state index is -0.608. The van der Waals surface area contributed by atoms with Crippen molar-refractivity contribution in [3.63, 3.8) is 0 Å². The molecule has 0 spiro atoms. The number of primary amides is 1. The molecule has 200 valence electrons. The van der Waals surface area contributed by atoms with Crippen LogP contribution in [0.1, 0.15) is 64.9 Å². The van der Waals surface area contributed by atoms with Crippen molar-refractivity contribution in [2.24, 2.45) is 23.5 Å². The lowest BCUT2D eigenvalue weighted by Crippen LogP contribution is -2.50.